The Morgan fingerprint density at radius 1 is 0.870 bits per heavy atom. The standard InChI is InChI=1S/C22H22N/c1-4-22(5-2)16(3)19-12-8-9-13-20(19)21-14-17-10-6-7-11-18(17)15-23(21)22/h6-15H,3-5H2,1-2H3/q+1. The van der Waals surface area contributed by atoms with Crippen LogP contribution in [0.15, 0.2) is 67.4 Å². The van der Waals surface area contributed by atoms with Crippen LogP contribution in [0.1, 0.15) is 32.3 Å². The largest absolute Gasteiger partial charge is 0.214 e. The van der Waals surface area contributed by atoms with E-state index in [-0.39, 0.29) is 5.54 Å². The molecule has 1 nitrogen and oxygen atoms in total. The molecule has 0 aliphatic carbocycles. The molecule has 0 spiro atoms. The minimum absolute atomic E-state index is 0.0340. The molecule has 1 aromatic heterocycles. The first-order chi connectivity index (χ1) is 11.2. The molecular weight excluding hydrogens is 278 g/mol. The SMILES string of the molecule is C=C1c2ccccc2-c2cc3ccccc3c[n+]2C1(CC)CC. The minimum Gasteiger partial charge on any atom is -0.188 e. The van der Waals surface area contributed by atoms with Crippen molar-refractivity contribution in [2.75, 3.05) is 0 Å². The smallest absolute Gasteiger partial charge is 0.188 e. The predicted molar refractivity (Wildman–Crippen MR) is 97.2 cm³/mol. The zero-order valence-corrected chi connectivity index (χ0v) is 13.8. The van der Waals surface area contributed by atoms with Crippen LogP contribution in [0.5, 0.6) is 0 Å². The van der Waals surface area contributed by atoms with Gasteiger partial charge in [-0.1, -0.05) is 56.8 Å². The fourth-order valence-corrected chi connectivity index (χ4v) is 4.13. The summed E-state index contributed by atoms with van der Waals surface area (Å²) in [5.74, 6) is 0. The monoisotopic (exact) mass is 300 g/mol. The Balaban J connectivity index is 2.15. The minimum atomic E-state index is -0.0340. The summed E-state index contributed by atoms with van der Waals surface area (Å²) in [6.45, 7) is 9.05. The van der Waals surface area contributed by atoms with Crippen molar-refractivity contribution in [2.45, 2.75) is 32.2 Å². The molecule has 23 heavy (non-hydrogen) atoms. The Kier molecular flexibility index (Phi) is 3.12. The molecule has 1 heteroatoms. The number of benzene rings is 2. The molecular formula is C22H22N+. The first-order valence-electron chi connectivity index (χ1n) is 8.45. The fourth-order valence-electron chi connectivity index (χ4n) is 4.13. The van der Waals surface area contributed by atoms with Gasteiger partial charge in [0.1, 0.15) is 0 Å². The lowest BCUT2D eigenvalue weighted by molar-refractivity contribution is -0.740. The molecule has 0 fully saturated rings. The van der Waals surface area contributed by atoms with Crippen molar-refractivity contribution in [2.24, 2.45) is 0 Å². The van der Waals surface area contributed by atoms with E-state index in [1.54, 1.807) is 0 Å². The second-order valence-corrected chi connectivity index (χ2v) is 6.42. The van der Waals surface area contributed by atoms with E-state index in [0.29, 0.717) is 0 Å². The summed E-state index contributed by atoms with van der Waals surface area (Å²) in [4.78, 5) is 0. The zero-order valence-electron chi connectivity index (χ0n) is 13.8. The van der Waals surface area contributed by atoms with Crippen molar-refractivity contribution >= 4 is 16.3 Å². The van der Waals surface area contributed by atoms with Gasteiger partial charge in [-0.3, -0.25) is 0 Å². The van der Waals surface area contributed by atoms with Crippen LogP contribution in [-0.4, -0.2) is 0 Å². The Morgan fingerprint density at radius 3 is 2.17 bits per heavy atom. The highest BCUT2D eigenvalue weighted by molar-refractivity contribution is 5.88. The lowest BCUT2D eigenvalue weighted by Crippen LogP contribution is -2.59. The van der Waals surface area contributed by atoms with E-state index in [1.165, 1.54) is 33.2 Å². The maximum atomic E-state index is 4.51. The molecule has 4 rings (SSSR count). The van der Waals surface area contributed by atoms with Gasteiger partial charge in [0.2, 0.25) is 5.69 Å². The number of pyridine rings is 1. The first-order valence-corrected chi connectivity index (χ1v) is 8.45. The highest BCUT2D eigenvalue weighted by Gasteiger charge is 2.46. The molecule has 114 valence electrons. The van der Waals surface area contributed by atoms with Gasteiger partial charge in [-0.2, -0.15) is 4.57 Å². The van der Waals surface area contributed by atoms with E-state index in [2.05, 4.69) is 85.8 Å². The molecule has 0 saturated heterocycles. The van der Waals surface area contributed by atoms with Gasteiger partial charge < -0.3 is 0 Å². The van der Waals surface area contributed by atoms with Crippen LogP contribution in [0.3, 0.4) is 0 Å². The molecule has 0 atom stereocenters. The summed E-state index contributed by atoms with van der Waals surface area (Å²) in [7, 11) is 0. The van der Waals surface area contributed by atoms with Gasteiger partial charge in [-0.05, 0) is 23.1 Å². The predicted octanol–water partition coefficient (Wildman–Crippen LogP) is 5.34. The van der Waals surface area contributed by atoms with Crippen molar-refractivity contribution in [3.8, 4) is 11.3 Å². The van der Waals surface area contributed by atoms with E-state index in [1.807, 2.05) is 0 Å². The lowest BCUT2D eigenvalue weighted by Gasteiger charge is -2.35. The zero-order chi connectivity index (χ0) is 16.0. The fraction of sp³-hybridized carbons (Fsp3) is 0.227. The summed E-state index contributed by atoms with van der Waals surface area (Å²) in [6.07, 6.45) is 4.41. The number of allylic oxidation sites excluding steroid dienone is 1. The third-order valence-electron chi connectivity index (χ3n) is 5.54. The average Bonchev–Trinajstić information content (AvgIpc) is 2.62. The molecule has 0 amide bonds. The summed E-state index contributed by atoms with van der Waals surface area (Å²) in [6, 6.07) is 19.6. The normalized spacial score (nSPS) is 15.3. The number of hydrogen-bond acceptors (Lipinski definition) is 0. The maximum absolute atomic E-state index is 4.51. The van der Waals surface area contributed by atoms with Gasteiger partial charge in [-0.25, -0.2) is 0 Å². The van der Waals surface area contributed by atoms with Crippen LogP contribution in [0.25, 0.3) is 27.6 Å². The molecule has 0 unspecified atom stereocenters. The van der Waals surface area contributed by atoms with Gasteiger partial charge in [0.15, 0.2) is 11.7 Å². The van der Waals surface area contributed by atoms with E-state index in [9.17, 15) is 0 Å². The van der Waals surface area contributed by atoms with Crippen molar-refractivity contribution in [1.29, 1.82) is 0 Å². The van der Waals surface area contributed by atoms with Crippen LogP contribution < -0.4 is 4.57 Å². The van der Waals surface area contributed by atoms with E-state index >= 15 is 0 Å². The van der Waals surface area contributed by atoms with Gasteiger partial charge in [-0.15, -0.1) is 0 Å². The number of hydrogen-bond donors (Lipinski definition) is 0. The van der Waals surface area contributed by atoms with Crippen molar-refractivity contribution in [1.82, 2.24) is 0 Å². The second-order valence-electron chi connectivity index (χ2n) is 6.42. The first kappa shape index (κ1) is 14.2. The van der Waals surface area contributed by atoms with E-state index in [4.69, 9.17) is 0 Å². The average molecular weight is 300 g/mol. The summed E-state index contributed by atoms with van der Waals surface area (Å²) in [5.41, 5.74) is 5.10. The summed E-state index contributed by atoms with van der Waals surface area (Å²) in [5, 5.41) is 2.58. The van der Waals surface area contributed by atoms with Crippen molar-refractivity contribution < 1.29 is 4.57 Å². The third-order valence-corrected chi connectivity index (χ3v) is 5.54. The van der Waals surface area contributed by atoms with Gasteiger partial charge in [0.05, 0.1) is 5.56 Å². The maximum Gasteiger partial charge on any atom is 0.214 e. The quantitative estimate of drug-likeness (QED) is 0.563. The number of fused-ring (bicyclic) bond motifs is 4. The Hall–Kier alpha value is -2.41. The van der Waals surface area contributed by atoms with Gasteiger partial charge >= 0.3 is 0 Å². The van der Waals surface area contributed by atoms with Crippen LogP contribution in [-0.2, 0) is 5.54 Å². The molecule has 0 saturated carbocycles. The molecule has 0 bridgehead atoms. The van der Waals surface area contributed by atoms with Crippen LogP contribution in [0.4, 0.5) is 0 Å². The number of rotatable bonds is 2. The summed E-state index contributed by atoms with van der Waals surface area (Å²) >= 11 is 0. The molecule has 0 radical (unpaired) electrons. The van der Waals surface area contributed by atoms with E-state index in [0.717, 1.165) is 12.8 Å². The van der Waals surface area contributed by atoms with Crippen LogP contribution >= 0.6 is 0 Å². The van der Waals surface area contributed by atoms with Gasteiger partial charge in [0, 0.05) is 29.9 Å². The highest BCUT2D eigenvalue weighted by atomic mass is 15.1. The number of aromatic nitrogens is 1. The number of nitrogens with zero attached hydrogens (tertiary/aromatic N) is 1. The molecule has 2 heterocycles. The molecule has 1 aliphatic heterocycles. The second kappa shape index (κ2) is 5.06. The molecule has 3 aromatic rings. The third kappa shape index (κ3) is 1.83. The van der Waals surface area contributed by atoms with Crippen molar-refractivity contribution in [3.05, 3.63) is 72.9 Å². The Bertz CT molecular complexity index is 916. The molecule has 1 aliphatic rings. The summed E-state index contributed by atoms with van der Waals surface area (Å²) < 4.78 is 2.47. The molecule has 0 N–H and O–H groups in total. The molecule has 2 aromatic carbocycles. The van der Waals surface area contributed by atoms with Crippen LogP contribution in [0, 0.1) is 0 Å². The Labute approximate surface area is 137 Å². The lowest BCUT2D eigenvalue weighted by atomic mass is 9.75. The topological polar surface area (TPSA) is 3.88 Å². The van der Waals surface area contributed by atoms with E-state index < -0.39 is 0 Å². The Morgan fingerprint density at radius 2 is 1.48 bits per heavy atom. The highest BCUT2D eigenvalue weighted by Crippen LogP contribution is 2.43. The van der Waals surface area contributed by atoms with Crippen LogP contribution in [0.2, 0.25) is 0 Å². The van der Waals surface area contributed by atoms with Gasteiger partial charge in [0.25, 0.3) is 0 Å². The van der Waals surface area contributed by atoms with Crippen molar-refractivity contribution in [3.63, 3.8) is 0 Å².